The van der Waals surface area contributed by atoms with Crippen molar-refractivity contribution in [2.75, 3.05) is 31.2 Å². The van der Waals surface area contributed by atoms with E-state index in [4.69, 9.17) is 10.5 Å². The van der Waals surface area contributed by atoms with Gasteiger partial charge in [0.05, 0.1) is 18.6 Å². The zero-order valence-electron chi connectivity index (χ0n) is 11.9. The third kappa shape index (κ3) is 1.98. The molecule has 1 aliphatic rings. The third-order valence-corrected chi connectivity index (χ3v) is 3.96. The van der Waals surface area contributed by atoms with Crippen LogP contribution in [-0.4, -0.2) is 47.2 Å². The molecule has 0 radical (unpaired) electrons. The van der Waals surface area contributed by atoms with Crippen LogP contribution in [0.3, 0.4) is 0 Å². The van der Waals surface area contributed by atoms with Crippen LogP contribution in [0.2, 0.25) is 0 Å². The van der Waals surface area contributed by atoms with E-state index in [0.717, 1.165) is 40.8 Å². The Morgan fingerprint density at radius 1 is 1.27 bits per heavy atom. The van der Waals surface area contributed by atoms with Crippen molar-refractivity contribution in [3.8, 4) is 0 Å². The Morgan fingerprint density at radius 3 is 2.86 bits per heavy atom. The molecule has 4 rings (SSSR count). The summed E-state index contributed by atoms with van der Waals surface area (Å²) in [7, 11) is 0. The van der Waals surface area contributed by atoms with Crippen LogP contribution < -0.4 is 10.6 Å². The third-order valence-electron chi connectivity index (χ3n) is 3.96. The number of nitrogens with one attached hydrogen (secondary N) is 1. The van der Waals surface area contributed by atoms with Crippen molar-refractivity contribution in [1.29, 1.82) is 0 Å². The lowest BCUT2D eigenvalue weighted by molar-refractivity contribution is 0.100. The number of fused-ring (bicyclic) bond motifs is 3. The van der Waals surface area contributed by atoms with Gasteiger partial charge in [0.15, 0.2) is 0 Å². The van der Waals surface area contributed by atoms with Crippen molar-refractivity contribution in [1.82, 2.24) is 15.0 Å². The minimum absolute atomic E-state index is 0.443. The molecule has 3 N–H and O–H groups in total. The number of carbonyl (C=O) groups is 1. The molecular weight excluding hydrogens is 282 g/mol. The number of morpholine rings is 1. The summed E-state index contributed by atoms with van der Waals surface area (Å²) < 4.78 is 5.40. The van der Waals surface area contributed by atoms with Gasteiger partial charge in [0.1, 0.15) is 17.8 Å². The fourth-order valence-corrected chi connectivity index (χ4v) is 2.87. The first kappa shape index (κ1) is 13.0. The van der Waals surface area contributed by atoms with Gasteiger partial charge in [-0.25, -0.2) is 9.97 Å². The number of ether oxygens (including phenoxy) is 1. The second-order valence-electron chi connectivity index (χ2n) is 5.27. The van der Waals surface area contributed by atoms with Crippen molar-refractivity contribution in [2.45, 2.75) is 0 Å². The highest BCUT2D eigenvalue weighted by Crippen LogP contribution is 2.31. The lowest BCUT2D eigenvalue weighted by Crippen LogP contribution is -2.36. The SMILES string of the molecule is NC(=O)c1ccc2[nH]c3ncnc(N4CCOCC4)c3c2c1. The van der Waals surface area contributed by atoms with E-state index in [0.29, 0.717) is 18.8 Å². The second kappa shape index (κ2) is 4.96. The van der Waals surface area contributed by atoms with E-state index >= 15 is 0 Å². The van der Waals surface area contributed by atoms with E-state index in [-0.39, 0.29) is 0 Å². The van der Waals surface area contributed by atoms with Gasteiger partial charge in [-0.1, -0.05) is 0 Å². The van der Waals surface area contributed by atoms with Gasteiger partial charge in [-0.2, -0.15) is 0 Å². The number of amides is 1. The molecule has 0 bridgehead atoms. The summed E-state index contributed by atoms with van der Waals surface area (Å²) in [5.74, 6) is 0.419. The first-order valence-electron chi connectivity index (χ1n) is 7.13. The van der Waals surface area contributed by atoms with Gasteiger partial charge in [0.2, 0.25) is 5.91 Å². The van der Waals surface area contributed by atoms with Crippen LogP contribution in [0.25, 0.3) is 21.9 Å². The average Bonchev–Trinajstić information content (AvgIpc) is 2.93. The molecule has 1 aliphatic heterocycles. The fraction of sp³-hybridized carbons (Fsp3) is 0.267. The van der Waals surface area contributed by atoms with Crippen LogP contribution in [-0.2, 0) is 4.74 Å². The fourth-order valence-electron chi connectivity index (χ4n) is 2.87. The Labute approximate surface area is 126 Å². The number of carbonyl (C=O) groups excluding carboxylic acids is 1. The van der Waals surface area contributed by atoms with Crippen LogP contribution >= 0.6 is 0 Å². The molecular formula is C15H15N5O2. The van der Waals surface area contributed by atoms with Crippen molar-refractivity contribution in [2.24, 2.45) is 5.73 Å². The second-order valence-corrected chi connectivity index (χ2v) is 5.27. The zero-order valence-corrected chi connectivity index (χ0v) is 11.9. The maximum Gasteiger partial charge on any atom is 0.248 e. The van der Waals surface area contributed by atoms with E-state index in [1.807, 2.05) is 6.07 Å². The first-order chi connectivity index (χ1) is 10.7. The van der Waals surface area contributed by atoms with Gasteiger partial charge >= 0.3 is 0 Å². The highest BCUT2D eigenvalue weighted by atomic mass is 16.5. The predicted molar refractivity (Wildman–Crippen MR) is 82.9 cm³/mol. The number of rotatable bonds is 2. The molecule has 1 aromatic carbocycles. The molecule has 7 heteroatoms. The summed E-state index contributed by atoms with van der Waals surface area (Å²) in [6, 6.07) is 5.35. The highest BCUT2D eigenvalue weighted by molar-refractivity contribution is 6.13. The molecule has 7 nitrogen and oxygen atoms in total. The van der Waals surface area contributed by atoms with Crippen molar-refractivity contribution < 1.29 is 9.53 Å². The number of aromatic amines is 1. The normalized spacial score (nSPS) is 15.5. The van der Waals surface area contributed by atoms with Gasteiger partial charge in [-0.15, -0.1) is 0 Å². The first-order valence-corrected chi connectivity index (χ1v) is 7.13. The molecule has 3 aromatic rings. The van der Waals surface area contributed by atoms with Crippen molar-refractivity contribution in [3.63, 3.8) is 0 Å². The molecule has 0 saturated carbocycles. The Kier molecular flexibility index (Phi) is 2.93. The molecule has 1 amide bonds. The summed E-state index contributed by atoms with van der Waals surface area (Å²) in [6.07, 6.45) is 1.55. The summed E-state index contributed by atoms with van der Waals surface area (Å²) in [4.78, 5) is 25.6. The van der Waals surface area contributed by atoms with E-state index in [1.54, 1.807) is 18.5 Å². The molecule has 22 heavy (non-hydrogen) atoms. The number of hydrogen-bond acceptors (Lipinski definition) is 5. The van der Waals surface area contributed by atoms with E-state index in [1.165, 1.54) is 0 Å². The summed E-state index contributed by atoms with van der Waals surface area (Å²) >= 11 is 0. The van der Waals surface area contributed by atoms with Crippen molar-refractivity contribution in [3.05, 3.63) is 30.1 Å². The monoisotopic (exact) mass is 297 g/mol. The number of hydrogen-bond donors (Lipinski definition) is 2. The highest BCUT2D eigenvalue weighted by Gasteiger charge is 2.19. The summed E-state index contributed by atoms with van der Waals surface area (Å²) in [6.45, 7) is 2.93. The molecule has 0 aliphatic carbocycles. The van der Waals surface area contributed by atoms with Gasteiger partial charge in [0, 0.05) is 29.6 Å². The lowest BCUT2D eigenvalue weighted by atomic mass is 10.1. The van der Waals surface area contributed by atoms with E-state index in [2.05, 4.69) is 19.9 Å². The van der Waals surface area contributed by atoms with Crippen LogP contribution in [0, 0.1) is 0 Å². The minimum atomic E-state index is -0.443. The molecule has 1 fully saturated rings. The Balaban J connectivity index is 1.98. The quantitative estimate of drug-likeness (QED) is 0.737. The average molecular weight is 297 g/mol. The minimum Gasteiger partial charge on any atom is -0.378 e. The van der Waals surface area contributed by atoms with Crippen molar-refractivity contribution >= 4 is 33.7 Å². The van der Waals surface area contributed by atoms with E-state index in [9.17, 15) is 4.79 Å². The van der Waals surface area contributed by atoms with Crippen LogP contribution in [0.4, 0.5) is 5.82 Å². The van der Waals surface area contributed by atoms with Gasteiger partial charge < -0.3 is 20.4 Å². The zero-order chi connectivity index (χ0) is 15.1. The molecule has 3 heterocycles. The number of nitrogens with two attached hydrogens (primary N) is 1. The number of benzene rings is 1. The van der Waals surface area contributed by atoms with Crippen LogP contribution in [0.1, 0.15) is 10.4 Å². The Morgan fingerprint density at radius 2 is 2.09 bits per heavy atom. The van der Waals surface area contributed by atoms with Crippen LogP contribution in [0.15, 0.2) is 24.5 Å². The number of H-pyrrole nitrogens is 1. The standard InChI is InChI=1S/C15H15N5O2/c16-13(21)9-1-2-11-10(7-9)12-14(19-11)17-8-18-15(12)20-3-5-22-6-4-20/h1-2,7-8H,3-6H2,(H2,16,21)(H,17,18,19). The molecule has 1 saturated heterocycles. The maximum atomic E-state index is 11.4. The van der Waals surface area contributed by atoms with Gasteiger partial charge in [0.25, 0.3) is 0 Å². The van der Waals surface area contributed by atoms with Gasteiger partial charge in [-0.3, -0.25) is 4.79 Å². The largest absolute Gasteiger partial charge is 0.378 e. The lowest BCUT2D eigenvalue weighted by Gasteiger charge is -2.28. The topological polar surface area (TPSA) is 97.1 Å². The van der Waals surface area contributed by atoms with E-state index < -0.39 is 5.91 Å². The smallest absolute Gasteiger partial charge is 0.248 e. The number of nitrogens with zero attached hydrogens (tertiary/aromatic N) is 3. The Bertz CT molecular complexity index is 867. The molecule has 2 aromatic heterocycles. The summed E-state index contributed by atoms with van der Waals surface area (Å²) in [5.41, 5.74) is 7.54. The summed E-state index contributed by atoms with van der Waals surface area (Å²) in [5, 5.41) is 1.83. The Hall–Kier alpha value is -2.67. The molecule has 0 unspecified atom stereocenters. The number of primary amides is 1. The number of aromatic nitrogens is 3. The predicted octanol–water partition coefficient (Wildman–Crippen LogP) is 1.05. The maximum absolute atomic E-state index is 11.4. The number of anilines is 1. The molecule has 112 valence electrons. The molecule has 0 spiro atoms. The van der Waals surface area contributed by atoms with Gasteiger partial charge in [-0.05, 0) is 18.2 Å². The van der Waals surface area contributed by atoms with Crippen LogP contribution in [0.5, 0.6) is 0 Å². The molecule has 0 atom stereocenters.